The Bertz CT molecular complexity index is 1730. The van der Waals surface area contributed by atoms with Crippen LogP contribution in [-0.4, -0.2) is 44.3 Å². The van der Waals surface area contributed by atoms with Gasteiger partial charge in [0.1, 0.15) is 12.6 Å². The van der Waals surface area contributed by atoms with Gasteiger partial charge in [0.2, 0.25) is 11.8 Å². The van der Waals surface area contributed by atoms with E-state index >= 15 is 0 Å². The van der Waals surface area contributed by atoms with Gasteiger partial charge in [-0.2, -0.15) is 0 Å². The van der Waals surface area contributed by atoms with E-state index in [0.29, 0.717) is 17.8 Å². The zero-order chi connectivity index (χ0) is 33.3. The fourth-order valence-corrected chi connectivity index (χ4v) is 6.92. The molecule has 0 bridgehead atoms. The topological polar surface area (TPSA) is 86.8 Å². The molecule has 4 aromatic rings. The monoisotopic (exact) mass is 703 g/mol. The Balaban J connectivity index is 1.81. The molecule has 0 aliphatic heterocycles. The van der Waals surface area contributed by atoms with Gasteiger partial charge in [0, 0.05) is 24.0 Å². The van der Waals surface area contributed by atoms with E-state index in [4.69, 9.17) is 0 Å². The number of hydrogen-bond donors (Lipinski definition) is 1. The van der Waals surface area contributed by atoms with Gasteiger partial charge in [0.15, 0.2) is 0 Å². The molecule has 0 radical (unpaired) electrons. The van der Waals surface area contributed by atoms with Crippen LogP contribution in [0, 0.1) is 20.8 Å². The molecule has 0 aliphatic carbocycles. The molecule has 0 fully saturated rings. The first-order valence-corrected chi connectivity index (χ1v) is 17.7. The maximum Gasteiger partial charge on any atom is 0.264 e. The minimum atomic E-state index is -4.16. The number of carbonyl (C=O) groups excluding carboxylic acids is 2. The van der Waals surface area contributed by atoms with Gasteiger partial charge < -0.3 is 10.2 Å². The first-order chi connectivity index (χ1) is 22.0. The van der Waals surface area contributed by atoms with Crippen molar-refractivity contribution in [2.24, 2.45) is 0 Å². The molecule has 1 unspecified atom stereocenters. The van der Waals surface area contributed by atoms with Gasteiger partial charge in [-0.25, -0.2) is 8.42 Å². The maximum atomic E-state index is 14.6. The average molecular weight is 705 g/mol. The number of anilines is 1. The smallest absolute Gasteiger partial charge is 0.264 e. The number of carbonyl (C=O) groups is 2. The molecule has 1 N–H and O–H groups in total. The fraction of sp³-hybridized carbons (Fsp3) is 0.297. The minimum Gasteiger partial charge on any atom is -0.354 e. The van der Waals surface area contributed by atoms with Crippen LogP contribution in [0.25, 0.3) is 0 Å². The molecule has 4 aromatic carbocycles. The number of nitrogens with zero attached hydrogens (tertiary/aromatic N) is 2. The average Bonchev–Trinajstić information content (AvgIpc) is 3.04. The normalized spacial score (nSPS) is 11.9. The van der Waals surface area contributed by atoms with Crippen LogP contribution < -0.4 is 9.62 Å². The van der Waals surface area contributed by atoms with Crippen molar-refractivity contribution in [3.8, 4) is 0 Å². The van der Waals surface area contributed by atoms with Gasteiger partial charge in [0.05, 0.1) is 10.6 Å². The Hall–Kier alpha value is -3.95. The van der Waals surface area contributed by atoms with Crippen molar-refractivity contribution in [3.05, 3.63) is 129 Å². The highest BCUT2D eigenvalue weighted by atomic mass is 79.9. The van der Waals surface area contributed by atoms with Crippen LogP contribution >= 0.6 is 15.9 Å². The lowest BCUT2D eigenvalue weighted by atomic mass is 10.0. The highest BCUT2D eigenvalue weighted by molar-refractivity contribution is 9.10. The number of benzene rings is 4. The first-order valence-electron chi connectivity index (χ1n) is 15.5. The van der Waals surface area contributed by atoms with E-state index in [-0.39, 0.29) is 23.8 Å². The second-order valence-electron chi connectivity index (χ2n) is 11.6. The summed E-state index contributed by atoms with van der Waals surface area (Å²) in [5.41, 5.74) is 4.63. The van der Waals surface area contributed by atoms with Crippen LogP contribution in [0.2, 0.25) is 0 Å². The third kappa shape index (κ3) is 9.07. The predicted octanol–water partition coefficient (Wildman–Crippen LogP) is 7.13. The highest BCUT2D eigenvalue weighted by Gasteiger charge is 2.35. The predicted molar refractivity (Wildman–Crippen MR) is 188 cm³/mol. The van der Waals surface area contributed by atoms with Gasteiger partial charge in [-0.05, 0) is 79.8 Å². The van der Waals surface area contributed by atoms with Crippen molar-refractivity contribution < 1.29 is 18.0 Å². The lowest BCUT2D eigenvalue weighted by Crippen LogP contribution is -2.53. The lowest BCUT2D eigenvalue weighted by Gasteiger charge is -2.34. The van der Waals surface area contributed by atoms with Crippen molar-refractivity contribution >= 4 is 43.5 Å². The summed E-state index contributed by atoms with van der Waals surface area (Å²) in [5.74, 6) is -0.756. The molecule has 0 aromatic heterocycles. The fourth-order valence-electron chi connectivity index (χ4n) is 5.19. The Kier molecular flexibility index (Phi) is 12.2. The van der Waals surface area contributed by atoms with E-state index in [1.807, 2.05) is 94.4 Å². The minimum absolute atomic E-state index is 0.0874. The summed E-state index contributed by atoms with van der Waals surface area (Å²) in [4.78, 5) is 30.1. The number of nitrogens with one attached hydrogen (secondary N) is 1. The third-order valence-electron chi connectivity index (χ3n) is 7.89. The molecule has 46 heavy (non-hydrogen) atoms. The summed E-state index contributed by atoms with van der Waals surface area (Å²) in [6.45, 7) is 7.78. The quantitative estimate of drug-likeness (QED) is 0.142. The second-order valence-corrected chi connectivity index (χ2v) is 14.4. The van der Waals surface area contributed by atoms with Crippen LogP contribution in [0.4, 0.5) is 5.69 Å². The van der Waals surface area contributed by atoms with Gasteiger partial charge >= 0.3 is 0 Å². The molecular formula is C37H42BrN3O4S. The van der Waals surface area contributed by atoms with Crippen molar-refractivity contribution in [2.75, 3.05) is 17.4 Å². The van der Waals surface area contributed by atoms with Crippen LogP contribution in [0.3, 0.4) is 0 Å². The zero-order valence-electron chi connectivity index (χ0n) is 26.9. The van der Waals surface area contributed by atoms with E-state index in [1.54, 1.807) is 30.3 Å². The second kappa shape index (κ2) is 16.1. The number of unbranched alkanes of at least 4 members (excludes halogenated alkanes) is 1. The van der Waals surface area contributed by atoms with E-state index in [2.05, 4.69) is 21.2 Å². The van der Waals surface area contributed by atoms with E-state index in [0.717, 1.165) is 39.6 Å². The van der Waals surface area contributed by atoms with E-state index in [9.17, 15) is 18.0 Å². The molecule has 4 rings (SSSR count). The van der Waals surface area contributed by atoms with Gasteiger partial charge in [-0.15, -0.1) is 0 Å². The number of aryl methyl sites for hydroxylation is 3. The SMILES string of the molecule is CCCCNC(=O)C(Cc1ccccc1)N(Cc1ccc(Br)cc1)C(=O)CN(c1cc(C)ccc1C)S(=O)(=O)c1ccc(C)cc1. The Morgan fingerprint density at radius 1 is 0.826 bits per heavy atom. The van der Waals surface area contributed by atoms with Crippen molar-refractivity contribution in [2.45, 2.75) is 64.4 Å². The lowest BCUT2D eigenvalue weighted by molar-refractivity contribution is -0.140. The van der Waals surface area contributed by atoms with Crippen LogP contribution in [0.5, 0.6) is 0 Å². The molecule has 0 spiro atoms. The van der Waals surface area contributed by atoms with Crippen molar-refractivity contribution in [3.63, 3.8) is 0 Å². The summed E-state index contributed by atoms with van der Waals surface area (Å²) in [6, 6.07) is 28.4. The molecule has 0 aliphatic rings. The standard InChI is InChI=1S/C37H42BrN3O4S/c1-5-6-22-39-37(43)35(24-30-10-8-7-9-11-30)40(25-31-16-18-32(38)19-17-31)36(42)26-41(34-23-28(3)12-15-29(34)4)46(44,45)33-20-13-27(2)14-21-33/h7-21,23,35H,5-6,22,24-26H2,1-4H3,(H,39,43). The van der Waals surface area contributed by atoms with Gasteiger partial charge in [-0.3, -0.25) is 13.9 Å². The summed E-state index contributed by atoms with van der Waals surface area (Å²) < 4.78 is 30.7. The summed E-state index contributed by atoms with van der Waals surface area (Å²) in [6.07, 6.45) is 1.99. The Labute approximate surface area is 281 Å². The number of amides is 2. The number of rotatable bonds is 14. The molecule has 242 valence electrons. The van der Waals surface area contributed by atoms with Crippen molar-refractivity contribution in [1.82, 2.24) is 10.2 Å². The van der Waals surface area contributed by atoms with E-state index < -0.39 is 28.5 Å². The third-order valence-corrected chi connectivity index (χ3v) is 10.2. The molecule has 9 heteroatoms. The molecule has 0 saturated carbocycles. The van der Waals surface area contributed by atoms with Crippen LogP contribution in [-0.2, 0) is 32.6 Å². The molecule has 1 atom stereocenters. The Morgan fingerprint density at radius 2 is 1.48 bits per heavy atom. The molecule has 0 heterocycles. The number of sulfonamides is 1. The molecular weight excluding hydrogens is 662 g/mol. The molecule has 7 nitrogen and oxygen atoms in total. The number of hydrogen-bond acceptors (Lipinski definition) is 4. The highest BCUT2D eigenvalue weighted by Crippen LogP contribution is 2.29. The van der Waals surface area contributed by atoms with E-state index in [1.165, 1.54) is 9.21 Å². The number of halogens is 1. The van der Waals surface area contributed by atoms with Gasteiger partial charge in [0.25, 0.3) is 10.0 Å². The summed E-state index contributed by atoms with van der Waals surface area (Å²) in [5, 5.41) is 3.02. The largest absolute Gasteiger partial charge is 0.354 e. The zero-order valence-corrected chi connectivity index (χ0v) is 29.3. The maximum absolute atomic E-state index is 14.6. The molecule has 0 saturated heterocycles. The first kappa shape index (κ1) is 34.9. The summed E-state index contributed by atoms with van der Waals surface area (Å²) >= 11 is 3.47. The van der Waals surface area contributed by atoms with Crippen LogP contribution in [0.15, 0.2) is 106 Å². The summed E-state index contributed by atoms with van der Waals surface area (Å²) in [7, 11) is -4.16. The Morgan fingerprint density at radius 3 is 2.13 bits per heavy atom. The van der Waals surface area contributed by atoms with Crippen LogP contribution in [0.1, 0.15) is 47.6 Å². The van der Waals surface area contributed by atoms with Gasteiger partial charge in [-0.1, -0.05) is 102 Å². The molecule has 2 amide bonds. The van der Waals surface area contributed by atoms with Crippen molar-refractivity contribution in [1.29, 1.82) is 0 Å².